The number of aliphatic hydroxyl groups excluding tert-OH is 2. The molecule has 2 aromatic carbocycles. The number of carboxylic acids is 1. The average molecular weight is 574 g/mol. The van der Waals surface area contributed by atoms with Crippen molar-refractivity contribution < 1.29 is 58.9 Å². The number of carbonyl (C=O) groups is 2. The molecule has 1 aliphatic heterocycles. The number of likely N-dealkylation sites (tertiary alicyclic amines) is 1. The molecular formula is C31H37FN3NaO5. The SMILES string of the molecule is CC(C)c1c(C(=O)N2CCC[C@@H](c3ccccc3)C2)nn(-c2ccc(F)cc2)c1CC[C@@H](O)C[C@@H](O)CC(=O)[O-].[Na+]. The number of piperidine rings is 1. The Morgan fingerprint density at radius 2 is 1.76 bits per heavy atom. The van der Waals surface area contributed by atoms with Crippen molar-refractivity contribution in [1.82, 2.24) is 14.7 Å². The Kier molecular flexibility index (Phi) is 12.1. The Bertz CT molecular complexity index is 1300. The summed E-state index contributed by atoms with van der Waals surface area (Å²) in [6, 6.07) is 16.0. The van der Waals surface area contributed by atoms with Gasteiger partial charge in [-0.2, -0.15) is 5.10 Å². The number of aliphatic carboxylic acids is 1. The fraction of sp³-hybridized carbons (Fsp3) is 0.452. The molecule has 3 aromatic rings. The van der Waals surface area contributed by atoms with Crippen LogP contribution < -0.4 is 34.7 Å². The molecule has 1 aromatic heterocycles. The molecule has 0 radical (unpaired) electrons. The van der Waals surface area contributed by atoms with E-state index >= 15 is 0 Å². The Labute approximate surface area is 262 Å². The van der Waals surface area contributed by atoms with E-state index in [-0.39, 0.29) is 60.1 Å². The topological polar surface area (TPSA) is 119 Å². The van der Waals surface area contributed by atoms with Crippen molar-refractivity contribution in [2.75, 3.05) is 13.1 Å². The third-order valence-electron chi connectivity index (χ3n) is 7.51. The predicted molar refractivity (Wildman–Crippen MR) is 147 cm³/mol. The molecule has 2 heterocycles. The number of amides is 1. The van der Waals surface area contributed by atoms with Crippen LogP contribution in [0.4, 0.5) is 4.39 Å². The average Bonchev–Trinajstić information content (AvgIpc) is 3.32. The van der Waals surface area contributed by atoms with E-state index in [4.69, 9.17) is 5.10 Å². The second-order valence-corrected chi connectivity index (χ2v) is 10.9. The van der Waals surface area contributed by atoms with Gasteiger partial charge in [-0.05, 0) is 67.9 Å². The molecule has 1 fully saturated rings. The Hall–Kier alpha value is -2.56. The van der Waals surface area contributed by atoms with Gasteiger partial charge in [0.15, 0.2) is 5.69 Å². The number of aromatic nitrogens is 2. The van der Waals surface area contributed by atoms with E-state index in [1.165, 1.54) is 17.7 Å². The number of aliphatic hydroxyl groups is 2. The second-order valence-electron chi connectivity index (χ2n) is 10.9. The van der Waals surface area contributed by atoms with E-state index in [2.05, 4.69) is 12.1 Å². The van der Waals surface area contributed by atoms with Crippen LogP contribution in [0.15, 0.2) is 54.6 Å². The minimum Gasteiger partial charge on any atom is -0.550 e. The molecule has 3 atom stereocenters. The zero-order chi connectivity index (χ0) is 28.8. The maximum Gasteiger partial charge on any atom is 1.00 e. The van der Waals surface area contributed by atoms with Gasteiger partial charge in [0, 0.05) is 42.7 Å². The van der Waals surface area contributed by atoms with Crippen LogP contribution in [0.3, 0.4) is 0 Å². The third-order valence-corrected chi connectivity index (χ3v) is 7.51. The van der Waals surface area contributed by atoms with Gasteiger partial charge >= 0.3 is 29.6 Å². The number of rotatable bonds is 11. The fourth-order valence-electron chi connectivity index (χ4n) is 5.59. The number of carboxylic acid groups (broad SMARTS) is 1. The molecule has 1 amide bonds. The van der Waals surface area contributed by atoms with Gasteiger partial charge in [-0.3, -0.25) is 4.79 Å². The molecule has 0 aliphatic carbocycles. The molecule has 1 aliphatic rings. The first-order valence-corrected chi connectivity index (χ1v) is 13.9. The first kappa shape index (κ1) is 32.9. The van der Waals surface area contributed by atoms with Gasteiger partial charge < -0.3 is 25.0 Å². The first-order valence-electron chi connectivity index (χ1n) is 13.9. The van der Waals surface area contributed by atoms with Gasteiger partial charge in [-0.15, -0.1) is 0 Å². The van der Waals surface area contributed by atoms with Crippen molar-refractivity contribution in [3.63, 3.8) is 0 Å². The molecule has 4 rings (SSSR count). The summed E-state index contributed by atoms with van der Waals surface area (Å²) in [5.41, 5.74) is 3.62. The summed E-state index contributed by atoms with van der Waals surface area (Å²) in [7, 11) is 0. The van der Waals surface area contributed by atoms with Crippen LogP contribution in [0.1, 0.15) is 85.1 Å². The fourth-order valence-corrected chi connectivity index (χ4v) is 5.59. The van der Waals surface area contributed by atoms with E-state index in [9.17, 15) is 29.3 Å². The van der Waals surface area contributed by atoms with Crippen LogP contribution in [0.2, 0.25) is 0 Å². The largest absolute Gasteiger partial charge is 1.00 e. The van der Waals surface area contributed by atoms with Gasteiger partial charge in [0.25, 0.3) is 5.91 Å². The van der Waals surface area contributed by atoms with Gasteiger partial charge in [-0.1, -0.05) is 44.2 Å². The summed E-state index contributed by atoms with van der Waals surface area (Å²) in [4.78, 5) is 26.6. The summed E-state index contributed by atoms with van der Waals surface area (Å²) in [6.45, 7) is 5.19. The van der Waals surface area contributed by atoms with Gasteiger partial charge in [0.1, 0.15) is 5.82 Å². The van der Waals surface area contributed by atoms with Crippen LogP contribution in [0.25, 0.3) is 5.69 Å². The van der Waals surface area contributed by atoms with Crippen molar-refractivity contribution >= 4 is 11.9 Å². The van der Waals surface area contributed by atoms with E-state index in [1.54, 1.807) is 16.8 Å². The van der Waals surface area contributed by atoms with Crippen molar-refractivity contribution in [2.45, 2.75) is 76.4 Å². The quantitative estimate of drug-likeness (QED) is 0.320. The first-order chi connectivity index (χ1) is 19.1. The number of benzene rings is 2. The zero-order valence-corrected chi connectivity index (χ0v) is 26.0. The molecule has 0 saturated carbocycles. The van der Waals surface area contributed by atoms with Crippen LogP contribution in [-0.4, -0.2) is 62.1 Å². The minimum atomic E-state index is -1.38. The summed E-state index contributed by atoms with van der Waals surface area (Å²) >= 11 is 0. The summed E-state index contributed by atoms with van der Waals surface area (Å²) < 4.78 is 15.4. The van der Waals surface area contributed by atoms with Gasteiger partial charge in [-0.25, -0.2) is 9.07 Å². The summed E-state index contributed by atoms with van der Waals surface area (Å²) in [6.07, 6.45) is -0.452. The molecule has 0 unspecified atom stereocenters. The molecule has 2 N–H and O–H groups in total. The molecular weight excluding hydrogens is 536 g/mol. The van der Waals surface area contributed by atoms with Crippen LogP contribution in [0, 0.1) is 5.82 Å². The number of halogens is 1. The zero-order valence-electron chi connectivity index (χ0n) is 24.0. The molecule has 0 spiro atoms. The number of hydrogen-bond donors (Lipinski definition) is 2. The minimum absolute atomic E-state index is 0. The van der Waals surface area contributed by atoms with Gasteiger partial charge in [0.05, 0.1) is 17.9 Å². The number of hydrogen-bond acceptors (Lipinski definition) is 6. The molecule has 0 bridgehead atoms. The van der Waals surface area contributed by atoms with Crippen molar-refractivity contribution in [1.29, 1.82) is 0 Å². The van der Waals surface area contributed by atoms with Crippen molar-refractivity contribution in [3.8, 4) is 5.69 Å². The number of nitrogens with zero attached hydrogens (tertiary/aromatic N) is 3. The predicted octanol–water partition coefficient (Wildman–Crippen LogP) is 0.343. The van der Waals surface area contributed by atoms with Crippen molar-refractivity contribution in [2.24, 2.45) is 0 Å². The molecule has 214 valence electrons. The normalized spacial score (nSPS) is 16.7. The maximum atomic E-state index is 14.0. The molecule has 8 nitrogen and oxygen atoms in total. The second kappa shape index (κ2) is 15.1. The Morgan fingerprint density at radius 3 is 2.39 bits per heavy atom. The standard InChI is InChI=1S/C31H38FN3O5.Na/c1-20(2)29-27(15-14-25(36)17-26(37)18-28(38)39)35(24-12-10-23(32)11-13-24)33-30(29)31(40)34-16-6-9-22(19-34)21-7-4-3-5-8-21;/h3-5,7-8,10-13,20,22,25-26,36-37H,6,9,14-19H2,1-2H3,(H,38,39);/q;+1/p-1/t22-,25-,26-;/m1./s1. The summed E-state index contributed by atoms with van der Waals surface area (Å²) in [5, 5.41) is 36.0. The Morgan fingerprint density at radius 1 is 1.07 bits per heavy atom. The van der Waals surface area contributed by atoms with E-state index < -0.39 is 30.4 Å². The smallest absolute Gasteiger partial charge is 0.550 e. The van der Waals surface area contributed by atoms with E-state index in [1.807, 2.05) is 36.9 Å². The maximum absolute atomic E-state index is 14.0. The molecule has 10 heteroatoms. The monoisotopic (exact) mass is 573 g/mol. The van der Waals surface area contributed by atoms with Crippen LogP contribution in [0.5, 0.6) is 0 Å². The molecule has 1 saturated heterocycles. The third kappa shape index (κ3) is 8.49. The van der Waals surface area contributed by atoms with E-state index in [0.717, 1.165) is 24.1 Å². The summed E-state index contributed by atoms with van der Waals surface area (Å²) in [5.74, 6) is -1.76. The van der Waals surface area contributed by atoms with Gasteiger partial charge in [0.2, 0.25) is 0 Å². The van der Waals surface area contributed by atoms with Crippen LogP contribution >= 0.6 is 0 Å². The number of carbonyl (C=O) groups excluding carboxylic acids is 2. The Balaban J connectivity index is 0.00000462. The van der Waals surface area contributed by atoms with E-state index in [0.29, 0.717) is 30.9 Å². The van der Waals surface area contributed by atoms with Crippen LogP contribution in [-0.2, 0) is 11.2 Å². The molecule has 41 heavy (non-hydrogen) atoms. The van der Waals surface area contributed by atoms with Crippen molar-refractivity contribution in [3.05, 3.63) is 82.9 Å².